The summed E-state index contributed by atoms with van der Waals surface area (Å²) in [6.07, 6.45) is 8.62. The predicted octanol–water partition coefficient (Wildman–Crippen LogP) is 1.49. The van der Waals surface area contributed by atoms with Crippen LogP contribution in [0.2, 0.25) is 0 Å². The third-order valence-corrected chi connectivity index (χ3v) is 1.43. The molecule has 0 rings (SSSR count). The van der Waals surface area contributed by atoms with E-state index in [0.717, 1.165) is 6.08 Å². The zero-order chi connectivity index (χ0) is 10.3. The maximum Gasteiger partial charge on any atom is 0.330 e. The average Bonchev–Trinajstić information content (AvgIpc) is 2.03. The van der Waals surface area contributed by atoms with E-state index in [4.69, 9.17) is 15.9 Å². The Hall–Kier alpha value is -1.43. The number of esters is 1. The van der Waals surface area contributed by atoms with Gasteiger partial charge in [-0.3, -0.25) is 0 Å². The van der Waals surface area contributed by atoms with Gasteiger partial charge in [0, 0.05) is 12.5 Å². The molecule has 0 aromatic heterocycles. The molecule has 0 atom stereocenters. The average molecular weight is 182 g/mol. The van der Waals surface area contributed by atoms with E-state index < -0.39 is 11.6 Å². The summed E-state index contributed by atoms with van der Waals surface area (Å²) in [5.74, 6) is -0.439. The molecule has 0 aliphatic carbocycles. The van der Waals surface area contributed by atoms with Crippen molar-refractivity contribution in [1.29, 1.82) is 0 Å². The van der Waals surface area contributed by atoms with Crippen molar-refractivity contribution in [2.24, 2.45) is 0 Å². The van der Waals surface area contributed by atoms with Gasteiger partial charge in [-0.1, -0.05) is 13.0 Å². The molecular formula is C10H14O3. The molecule has 0 N–H and O–H groups in total. The molecule has 0 heterocycles. The van der Waals surface area contributed by atoms with Gasteiger partial charge in [0.15, 0.2) is 0 Å². The van der Waals surface area contributed by atoms with E-state index in [0.29, 0.717) is 13.0 Å². The summed E-state index contributed by atoms with van der Waals surface area (Å²) in [5, 5.41) is 0. The normalized spacial score (nSPS) is 9.92. The molecule has 0 aromatic rings. The Bertz CT molecular complexity index is 223. The summed E-state index contributed by atoms with van der Waals surface area (Å²) >= 11 is 0. The topological polar surface area (TPSA) is 35.5 Å². The van der Waals surface area contributed by atoms with Crippen molar-refractivity contribution < 1.29 is 14.3 Å². The summed E-state index contributed by atoms with van der Waals surface area (Å²) in [7, 11) is 0. The van der Waals surface area contributed by atoms with Crippen LogP contribution < -0.4 is 0 Å². The molecular weight excluding hydrogens is 168 g/mol. The SMILES string of the molecule is C#COCCC(C)(C)OC(=O)C=C. The lowest BCUT2D eigenvalue weighted by Crippen LogP contribution is -2.28. The van der Waals surface area contributed by atoms with Crippen molar-refractivity contribution >= 4 is 5.97 Å². The maximum atomic E-state index is 10.8. The molecule has 0 aliphatic rings. The second kappa shape index (κ2) is 5.26. The van der Waals surface area contributed by atoms with Crippen LogP contribution in [0.4, 0.5) is 0 Å². The van der Waals surface area contributed by atoms with Crippen molar-refractivity contribution in [2.45, 2.75) is 25.9 Å². The molecule has 0 amide bonds. The number of hydrogen-bond donors (Lipinski definition) is 0. The minimum Gasteiger partial charge on any atom is -0.456 e. The highest BCUT2D eigenvalue weighted by Gasteiger charge is 2.21. The van der Waals surface area contributed by atoms with Gasteiger partial charge >= 0.3 is 5.97 Å². The highest BCUT2D eigenvalue weighted by atomic mass is 16.6. The van der Waals surface area contributed by atoms with Crippen LogP contribution >= 0.6 is 0 Å². The molecule has 0 saturated carbocycles. The second-order valence-corrected chi connectivity index (χ2v) is 3.10. The Balaban J connectivity index is 3.87. The lowest BCUT2D eigenvalue weighted by molar-refractivity contribution is -0.151. The molecule has 0 radical (unpaired) electrons. The fourth-order valence-corrected chi connectivity index (χ4v) is 0.721. The molecule has 72 valence electrons. The predicted molar refractivity (Wildman–Crippen MR) is 49.8 cm³/mol. The smallest absolute Gasteiger partial charge is 0.330 e. The number of ether oxygens (including phenoxy) is 2. The van der Waals surface area contributed by atoms with Gasteiger partial charge in [-0.15, -0.1) is 0 Å². The maximum absolute atomic E-state index is 10.8. The van der Waals surface area contributed by atoms with Gasteiger partial charge in [0.25, 0.3) is 0 Å². The summed E-state index contributed by atoms with van der Waals surface area (Å²) in [6.45, 7) is 7.24. The van der Waals surface area contributed by atoms with Crippen molar-refractivity contribution in [1.82, 2.24) is 0 Å². The van der Waals surface area contributed by atoms with E-state index in [1.165, 1.54) is 0 Å². The first-order valence-corrected chi connectivity index (χ1v) is 3.94. The largest absolute Gasteiger partial charge is 0.456 e. The Morgan fingerprint density at radius 3 is 2.77 bits per heavy atom. The summed E-state index contributed by atoms with van der Waals surface area (Å²) in [4.78, 5) is 10.8. The van der Waals surface area contributed by atoms with E-state index in [-0.39, 0.29) is 0 Å². The number of carbonyl (C=O) groups excluding carboxylic acids is 1. The van der Waals surface area contributed by atoms with E-state index in [1.54, 1.807) is 13.8 Å². The van der Waals surface area contributed by atoms with Crippen molar-refractivity contribution in [3.05, 3.63) is 12.7 Å². The molecule has 0 saturated heterocycles. The lowest BCUT2D eigenvalue weighted by Gasteiger charge is -2.23. The molecule has 3 nitrogen and oxygen atoms in total. The molecule has 0 unspecified atom stereocenters. The Kier molecular flexibility index (Phi) is 4.68. The van der Waals surface area contributed by atoms with E-state index >= 15 is 0 Å². The monoisotopic (exact) mass is 182 g/mol. The van der Waals surface area contributed by atoms with Crippen LogP contribution in [0, 0.1) is 12.5 Å². The number of carbonyl (C=O) groups is 1. The van der Waals surface area contributed by atoms with Crippen LogP contribution in [0.25, 0.3) is 0 Å². The molecule has 0 aromatic carbocycles. The minimum absolute atomic E-state index is 0.369. The van der Waals surface area contributed by atoms with Crippen molar-refractivity contribution in [2.75, 3.05) is 6.61 Å². The Morgan fingerprint density at radius 1 is 1.69 bits per heavy atom. The second-order valence-electron chi connectivity index (χ2n) is 3.10. The van der Waals surface area contributed by atoms with Crippen LogP contribution in [0.1, 0.15) is 20.3 Å². The number of rotatable bonds is 5. The lowest BCUT2D eigenvalue weighted by atomic mass is 10.1. The van der Waals surface area contributed by atoms with Gasteiger partial charge in [0.05, 0.1) is 0 Å². The molecule has 0 fully saturated rings. The number of terminal acetylenes is 1. The van der Waals surface area contributed by atoms with E-state index in [9.17, 15) is 4.79 Å². The van der Waals surface area contributed by atoms with Crippen LogP contribution in [-0.4, -0.2) is 18.2 Å². The van der Waals surface area contributed by atoms with Crippen LogP contribution in [0.5, 0.6) is 0 Å². The fourth-order valence-electron chi connectivity index (χ4n) is 0.721. The van der Waals surface area contributed by atoms with Gasteiger partial charge in [-0.2, -0.15) is 0 Å². The first-order chi connectivity index (χ1) is 6.02. The molecule has 0 bridgehead atoms. The quantitative estimate of drug-likeness (QED) is 0.280. The van der Waals surface area contributed by atoms with Gasteiger partial charge in [-0.25, -0.2) is 4.79 Å². The molecule has 0 aliphatic heterocycles. The standard InChI is InChI=1S/C10H14O3/c1-5-9(11)13-10(3,4)7-8-12-6-2/h2,5H,1,7-8H2,3-4H3. The van der Waals surface area contributed by atoms with E-state index in [1.807, 2.05) is 6.11 Å². The van der Waals surface area contributed by atoms with Crippen LogP contribution in [-0.2, 0) is 14.3 Å². The third-order valence-electron chi connectivity index (χ3n) is 1.43. The fraction of sp³-hybridized carbons (Fsp3) is 0.500. The van der Waals surface area contributed by atoms with Crippen molar-refractivity contribution in [3.8, 4) is 12.5 Å². The summed E-state index contributed by atoms with van der Waals surface area (Å²) < 4.78 is 9.72. The third kappa shape index (κ3) is 5.80. The minimum atomic E-state index is -0.567. The van der Waals surface area contributed by atoms with Gasteiger partial charge < -0.3 is 9.47 Å². The Morgan fingerprint density at radius 2 is 2.31 bits per heavy atom. The molecule has 13 heavy (non-hydrogen) atoms. The highest BCUT2D eigenvalue weighted by Crippen LogP contribution is 2.14. The van der Waals surface area contributed by atoms with Crippen molar-refractivity contribution in [3.63, 3.8) is 0 Å². The van der Waals surface area contributed by atoms with Crippen LogP contribution in [0.15, 0.2) is 12.7 Å². The molecule has 3 heteroatoms. The number of hydrogen-bond acceptors (Lipinski definition) is 3. The first-order valence-electron chi connectivity index (χ1n) is 3.94. The summed E-state index contributed by atoms with van der Waals surface area (Å²) in [5.41, 5.74) is -0.567. The zero-order valence-corrected chi connectivity index (χ0v) is 8.00. The Labute approximate surface area is 78.7 Å². The highest BCUT2D eigenvalue weighted by molar-refractivity contribution is 5.81. The van der Waals surface area contributed by atoms with Gasteiger partial charge in [0.2, 0.25) is 0 Å². The van der Waals surface area contributed by atoms with Gasteiger partial charge in [-0.05, 0) is 13.8 Å². The summed E-state index contributed by atoms with van der Waals surface area (Å²) in [6, 6.07) is 0. The first kappa shape index (κ1) is 11.6. The molecule has 0 spiro atoms. The zero-order valence-electron chi connectivity index (χ0n) is 8.00. The van der Waals surface area contributed by atoms with E-state index in [2.05, 4.69) is 6.58 Å². The van der Waals surface area contributed by atoms with Gasteiger partial charge in [0.1, 0.15) is 18.3 Å². The van der Waals surface area contributed by atoms with Crippen LogP contribution in [0.3, 0.4) is 0 Å².